The lowest BCUT2D eigenvalue weighted by Gasteiger charge is -2.08. The molecular weight excluding hydrogens is 336 g/mol. The van der Waals surface area contributed by atoms with E-state index in [1.54, 1.807) is 12.1 Å². The number of fused-ring (bicyclic) bond motifs is 1. The van der Waals surface area contributed by atoms with E-state index in [1.165, 1.54) is 24.3 Å². The SMILES string of the molecule is CCCc1ccc(C(=O)Oc2ccc3c(F)c(C#N)c(F)cc3c2)cc1. The summed E-state index contributed by atoms with van der Waals surface area (Å²) in [7, 11) is 0. The summed E-state index contributed by atoms with van der Waals surface area (Å²) in [6, 6.07) is 13.8. The summed E-state index contributed by atoms with van der Waals surface area (Å²) in [6.45, 7) is 2.08. The predicted octanol–water partition coefficient (Wildman–Crippen LogP) is 5.16. The second-order valence-electron chi connectivity index (χ2n) is 5.88. The molecule has 0 aliphatic rings. The molecule has 0 aliphatic heterocycles. The summed E-state index contributed by atoms with van der Waals surface area (Å²) in [6.07, 6.45) is 1.95. The maximum absolute atomic E-state index is 14.1. The van der Waals surface area contributed by atoms with Crippen LogP contribution in [0.3, 0.4) is 0 Å². The summed E-state index contributed by atoms with van der Waals surface area (Å²) >= 11 is 0. The monoisotopic (exact) mass is 351 g/mol. The normalized spacial score (nSPS) is 10.5. The van der Waals surface area contributed by atoms with E-state index < -0.39 is 23.2 Å². The molecule has 0 unspecified atom stereocenters. The molecule has 0 spiro atoms. The molecule has 3 aromatic carbocycles. The molecule has 0 aliphatic carbocycles. The Morgan fingerprint density at radius 1 is 1.12 bits per heavy atom. The second kappa shape index (κ2) is 7.32. The zero-order valence-electron chi connectivity index (χ0n) is 14.1. The standard InChI is InChI=1S/C21H15F2NO2/c1-2-3-13-4-6-14(7-5-13)21(25)26-16-8-9-17-15(10-16)11-19(22)18(12-24)20(17)23/h4-11H,2-3H2,1H3. The maximum atomic E-state index is 14.1. The molecule has 0 bridgehead atoms. The number of esters is 1. The fourth-order valence-corrected chi connectivity index (χ4v) is 2.74. The Balaban J connectivity index is 1.87. The van der Waals surface area contributed by atoms with Crippen molar-refractivity contribution in [1.82, 2.24) is 0 Å². The van der Waals surface area contributed by atoms with Gasteiger partial charge in [0, 0.05) is 5.39 Å². The number of hydrogen-bond acceptors (Lipinski definition) is 3. The van der Waals surface area contributed by atoms with E-state index in [2.05, 4.69) is 6.92 Å². The predicted molar refractivity (Wildman–Crippen MR) is 94.0 cm³/mol. The molecule has 0 saturated heterocycles. The van der Waals surface area contributed by atoms with Gasteiger partial charge in [-0.05, 0) is 53.8 Å². The number of aryl methyl sites for hydroxylation is 1. The van der Waals surface area contributed by atoms with Gasteiger partial charge in [-0.15, -0.1) is 0 Å². The van der Waals surface area contributed by atoms with Crippen LogP contribution in [0, 0.1) is 23.0 Å². The van der Waals surface area contributed by atoms with E-state index in [9.17, 15) is 13.6 Å². The molecule has 0 saturated carbocycles. The highest BCUT2D eigenvalue weighted by atomic mass is 19.1. The average Bonchev–Trinajstić information content (AvgIpc) is 2.62. The van der Waals surface area contributed by atoms with Crippen LogP contribution in [-0.2, 0) is 6.42 Å². The highest BCUT2D eigenvalue weighted by molar-refractivity contribution is 5.92. The van der Waals surface area contributed by atoms with E-state index in [0.29, 0.717) is 5.56 Å². The smallest absolute Gasteiger partial charge is 0.343 e. The van der Waals surface area contributed by atoms with Crippen molar-refractivity contribution in [3.8, 4) is 11.8 Å². The van der Waals surface area contributed by atoms with Gasteiger partial charge in [-0.3, -0.25) is 0 Å². The number of halogens is 2. The van der Waals surface area contributed by atoms with E-state index in [-0.39, 0.29) is 16.5 Å². The molecule has 0 radical (unpaired) electrons. The van der Waals surface area contributed by atoms with Gasteiger partial charge in [-0.1, -0.05) is 25.5 Å². The lowest BCUT2D eigenvalue weighted by Crippen LogP contribution is -2.08. The van der Waals surface area contributed by atoms with Gasteiger partial charge >= 0.3 is 5.97 Å². The van der Waals surface area contributed by atoms with Crippen molar-refractivity contribution in [2.45, 2.75) is 19.8 Å². The van der Waals surface area contributed by atoms with Gasteiger partial charge in [-0.2, -0.15) is 5.26 Å². The third kappa shape index (κ3) is 3.40. The highest BCUT2D eigenvalue weighted by Crippen LogP contribution is 2.27. The second-order valence-corrected chi connectivity index (χ2v) is 5.88. The molecule has 3 rings (SSSR count). The first kappa shape index (κ1) is 17.6. The Kier molecular flexibility index (Phi) is 4.94. The van der Waals surface area contributed by atoms with Crippen LogP contribution in [0.2, 0.25) is 0 Å². The number of ether oxygens (including phenoxy) is 1. The lowest BCUT2D eigenvalue weighted by atomic mass is 10.1. The average molecular weight is 351 g/mol. The first-order valence-electron chi connectivity index (χ1n) is 8.16. The molecule has 130 valence electrons. The van der Waals surface area contributed by atoms with Gasteiger partial charge in [0.2, 0.25) is 0 Å². The van der Waals surface area contributed by atoms with Crippen LogP contribution in [-0.4, -0.2) is 5.97 Å². The lowest BCUT2D eigenvalue weighted by molar-refractivity contribution is 0.0735. The van der Waals surface area contributed by atoms with Crippen molar-refractivity contribution < 1.29 is 18.3 Å². The quantitative estimate of drug-likeness (QED) is 0.482. The molecule has 0 atom stereocenters. The topological polar surface area (TPSA) is 50.1 Å². The zero-order valence-corrected chi connectivity index (χ0v) is 14.1. The molecule has 0 amide bonds. The van der Waals surface area contributed by atoms with Gasteiger partial charge in [0.05, 0.1) is 5.56 Å². The molecule has 0 heterocycles. The van der Waals surface area contributed by atoms with E-state index in [1.807, 2.05) is 12.1 Å². The first-order chi connectivity index (χ1) is 12.5. The molecule has 0 fully saturated rings. The van der Waals surface area contributed by atoms with Gasteiger partial charge in [0.15, 0.2) is 5.82 Å². The van der Waals surface area contributed by atoms with E-state index >= 15 is 0 Å². The van der Waals surface area contributed by atoms with Gasteiger partial charge < -0.3 is 4.74 Å². The molecule has 3 nitrogen and oxygen atoms in total. The first-order valence-corrected chi connectivity index (χ1v) is 8.16. The third-order valence-corrected chi connectivity index (χ3v) is 4.05. The number of carbonyl (C=O) groups excluding carboxylic acids is 1. The van der Waals surface area contributed by atoms with Crippen LogP contribution in [0.1, 0.15) is 34.8 Å². The number of rotatable bonds is 4. The maximum Gasteiger partial charge on any atom is 0.343 e. The van der Waals surface area contributed by atoms with Crippen LogP contribution >= 0.6 is 0 Å². The molecule has 5 heteroatoms. The Morgan fingerprint density at radius 3 is 2.50 bits per heavy atom. The fourth-order valence-electron chi connectivity index (χ4n) is 2.74. The van der Waals surface area contributed by atoms with Crippen molar-refractivity contribution in [3.63, 3.8) is 0 Å². The minimum atomic E-state index is -0.951. The number of benzene rings is 3. The van der Waals surface area contributed by atoms with Gasteiger partial charge in [0.25, 0.3) is 0 Å². The molecular formula is C21H15F2NO2. The summed E-state index contributed by atoms with van der Waals surface area (Å²) < 4.78 is 33.2. The van der Waals surface area contributed by atoms with Crippen LogP contribution in [0.15, 0.2) is 48.5 Å². The van der Waals surface area contributed by atoms with Crippen LogP contribution in [0.5, 0.6) is 5.75 Å². The Morgan fingerprint density at radius 2 is 1.85 bits per heavy atom. The number of carbonyl (C=O) groups is 1. The van der Waals surface area contributed by atoms with Crippen molar-refractivity contribution in [2.75, 3.05) is 0 Å². The fraction of sp³-hybridized carbons (Fsp3) is 0.143. The van der Waals surface area contributed by atoms with Crippen molar-refractivity contribution in [1.29, 1.82) is 5.26 Å². The van der Waals surface area contributed by atoms with Crippen LogP contribution < -0.4 is 4.74 Å². The van der Waals surface area contributed by atoms with Crippen LogP contribution in [0.4, 0.5) is 8.78 Å². The van der Waals surface area contributed by atoms with Crippen LogP contribution in [0.25, 0.3) is 10.8 Å². The molecule has 26 heavy (non-hydrogen) atoms. The molecule has 0 N–H and O–H groups in total. The van der Waals surface area contributed by atoms with Crippen molar-refractivity contribution >= 4 is 16.7 Å². The Bertz CT molecular complexity index is 1020. The van der Waals surface area contributed by atoms with Gasteiger partial charge in [-0.25, -0.2) is 13.6 Å². The summed E-state index contributed by atoms with van der Waals surface area (Å²) in [4.78, 5) is 12.2. The largest absolute Gasteiger partial charge is 0.423 e. The van der Waals surface area contributed by atoms with E-state index in [0.717, 1.165) is 24.5 Å². The van der Waals surface area contributed by atoms with Crippen molar-refractivity contribution in [3.05, 3.63) is 76.9 Å². The van der Waals surface area contributed by atoms with E-state index in [4.69, 9.17) is 10.00 Å². The summed E-state index contributed by atoms with van der Waals surface area (Å²) in [5.74, 6) is -2.26. The number of nitrogens with zero attached hydrogens (tertiary/aromatic N) is 1. The number of hydrogen-bond donors (Lipinski definition) is 0. The zero-order chi connectivity index (χ0) is 18.7. The highest BCUT2D eigenvalue weighted by Gasteiger charge is 2.15. The summed E-state index contributed by atoms with van der Waals surface area (Å²) in [5.41, 5.74) is 0.894. The summed E-state index contributed by atoms with van der Waals surface area (Å²) in [5, 5.41) is 9.11. The Labute approximate surface area is 149 Å². The Hall–Kier alpha value is -3.26. The van der Waals surface area contributed by atoms with Gasteiger partial charge in [0.1, 0.15) is 23.2 Å². The third-order valence-electron chi connectivity index (χ3n) is 4.05. The minimum Gasteiger partial charge on any atom is -0.423 e. The molecule has 0 aromatic heterocycles. The van der Waals surface area contributed by atoms with Crippen molar-refractivity contribution in [2.24, 2.45) is 0 Å². The molecule has 3 aromatic rings. The minimum absolute atomic E-state index is 0.0895. The number of nitriles is 1.